The van der Waals surface area contributed by atoms with Gasteiger partial charge in [-0.15, -0.1) is 11.3 Å². The summed E-state index contributed by atoms with van der Waals surface area (Å²) in [6.45, 7) is 1.57. The number of benzene rings is 1. The minimum Gasteiger partial charge on any atom is -0.449 e. The Morgan fingerprint density at radius 1 is 1.11 bits per heavy atom. The van der Waals surface area contributed by atoms with Gasteiger partial charge in [0, 0.05) is 11.7 Å². The van der Waals surface area contributed by atoms with Gasteiger partial charge in [-0.2, -0.15) is 0 Å². The van der Waals surface area contributed by atoms with E-state index in [1.807, 2.05) is 11.4 Å². The molecule has 3 rings (SSSR count). The smallest absolute Gasteiger partial charge is 0.338 e. The first-order valence-electron chi connectivity index (χ1n) is 8.99. The van der Waals surface area contributed by atoms with Gasteiger partial charge >= 0.3 is 5.97 Å². The lowest BCUT2D eigenvalue weighted by Crippen LogP contribution is -2.40. The van der Waals surface area contributed by atoms with E-state index in [1.54, 1.807) is 37.3 Å². The number of hydrogen-bond acceptors (Lipinski definition) is 5. The second-order valence-corrected chi connectivity index (χ2v) is 7.49. The molecule has 1 heterocycles. The number of esters is 1. The van der Waals surface area contributed by atoms with Gasteiger partial charge < -0.3 is 15.4 Å². The molecule has 7 heteroatoms. The molecule has 1 unspecified atom stereocenters. The first-order valence-corrected chi connectivity index (χ1v) is 9.87. The summed E-state index contributed by atoms with van der Waals surface area (Å²) in [6.07, 6.45) is 3.34. The molecule has 0 spiro atoms. The van der Waals surface area contributed by atoms with E-state index in [2.05, 4.69) is 10.6 Å². The van der Waals surface area contributed by atoms with E-state index >= 15 is 0 Å². The Balaban J connectivity index is 1.52. The van der Waals surface area contributed by atoms with Crippen LogP contribution in [0.3, 0.4) is 0 Å². The van der Waals surface area contributed by atoms with Gasteiger partial charge in [0.1, 0.15) is 0 Å². The molecule has 2 amide bonds. The fourth-order valence-electron chi connectivity index (χ4n) is 2.96. The maximum absolute atomic E-state index is 12.2. The van der Waals surface area contributed by atoms with Gasteiger partial charge in [0.2, 0.25) is 0 Å². The van der Waals surface area contributed by atoms with Gasteiger partial charge in [0.15, 0.2) is 6.10 Å². The van der Waals surface area contributed by atoms with Crippen LogP contribution in [0, 0.1) is 0 Å². The first-order chi connectivity index (χ1) is 13.0. The summed E-state index contributed by atoms with van der Waals surface area (Å²) in [7, 11) is 0. The van der Waals surface area contributed by atoms with E-state index in [9.17, 15) is 14.4 Å². The third-order valence-electron chi connectivity index (χ3n) is 4.48. The Kier molecular flexibility index (Phi) is 6.24. The zero-order valence-electron chi connectivity index (χ0n) is 15.1. The SMILES string of the molecule is CC(OC(=O)c1ccc(NC(=O)c2cccs2)cc1)C(=O)NC1CCCC1. The van der Waals surface area contributed by atoms with E-state index in [-0.39, 0.29) is 17.9 Å². The van der Waals surface area contributed by atoms with Crippen LogP contribution in [0.15, 0.2) is 41.8 Å². The number of amides is 2. The molecule has 0 radical (unpaired) electrons. The van der Waals surface area contributed by atoms with Crippen molar-refractivity contribution >= 4 is 34.8 Å². The standard InChI is InChI=1S/C20H22N2O4S/c1-13(18(23)21-15-5-2-3-6-15)26-20(25)14-8-10-16(11-9-14)22-19(24)17-7-4-12-27-17/h4,7-13,15H,2-3,5-6H2,1H3,(H,21,23)(H,22,24). The molecular formula is C20H22N2O4S. The Bertz CT molecular complexity index is 796. The monoisotopic (exact) mass is 386 g/mol. The average Bonchev–Trinajstić information content (AvgIpc) is 3.36. The van der Waals surface area contributed by atoms with Crippen LogP contribution in [-0.2, 0) is 9.53 Å². The summed E-state index contributed by atoms with van der Waals surface area (Å²) in [5.41, 5.74) is 0.904. The van der Waals surface area contributed by atoms with E-state index in [1.165, 1.54) is 11.3 Å². The van der Waals surface area contributed by atoms with Crippen LogP contribution in [0.5, 0.6) is 0 Å². The molecule has 6 nitrogen and oxygen atoms in total. The highest BCUT2D eigenvalue weighted by Gasteiger charge is 2.23. The zero-order valence-corrected chi connectivity index (χ0v) is 15.9. The lowest BCUT2D eigenvalue weighted by molar-refractivity contribution is -0.129. The highest BCUT2D eigenvalue weighted by Crippen LogP contribution is 2.18. The molecule has 1 aliphatic carbocycles. The van der Waals surface area contributed by atoms with E-state index in [0.717, 1.165) is 25.7 Å². The van der Waals surface area contributed by atoms with Crippen molar-refractivity contribution in [2.24, 2.45) is 0 Å². The van der Waals surface area contributed by atoms with Gasteiger partial charge in [0.25, 0.3) is 11.8 Å². The van der Waals surface area contributed by atoms with Crippen LogP contribution < -0.4 is 10.6 Å². The van der Waals surface area contributed by atoms with Crippen molar-refractivity contribution in [2.45, 2.75) is 44.8 Å². The highest BCUT2D eigenvalue weighted by molar-refractivity contribution is 7.12. The van der Waals surface area contributed by atoms with Gasteiger partial charge in [-0.05, 0) is 55.5 Å². The maximum Gasteiger partial charge on any atom is 0.338 e. The van der Waals surface area contributed by atoms with Gasteiger partial charge in [-0.1, -0.05) is 18.9 Å². The van der Waals surface area contributed by atoms with Crippen LogP contribution in [0.4, 0.5) is 5.69 Å². The van der Waals surface area contributed by atoms with Crippen molar-refractivity contribution < 1.29 is 19.1 Å². The number of carbonyl (C=O) groups is 3. The van der Waals surface area contributed by atoms with Crippen LogP contribution >= 0.6 is 11.3 Å². The van der Waals surface area contributed by atoms with Gasteiger partial charge in [-0.3, -0.25) is 9.59 Å². The lowest BCUT2D eigenvalue weighted by Gasteiger charge is -2.17. The summed E-state index contributed by atoms with van der Waals surface area (Å²) >= 11 is 1.35. The molecule has 1 saturated carbocycles. The highest BCUT2D eigenvalue weighted by atomic mass is 32.1. The molecule has 0 saturated heterocycles. The fraction of sp³-hybridized carbons (Fsp3) is 0.350. The molecule has 1 atom stereocenters. The first kappa shape index (κ1) is 19.1. The predicted octanol–water partition coefficient (Wildman–Crippen LogP) is 3.60. The number of ether oxygens (including phenoxy) is 1. The molecule has 2 N–H and O–H groups in total. The summed E-state index contributed by atoms with van der Waals surface area (Å²) in [6, 6.07) is 10.1. The second kappa shape index (κ2) is 8.81. The van der Waals surface area contributed by atoms with E-state index in [0.29, 0.717) is 16.1 Å². The molecule has 0 bridgehead atoms. The van der Waals surface area contributed by atoms with Crippen LogP contribution in [0.2, 0.25) is 0 Å². The zero-order chi connectivity index (χ0) is 19.2. The van der Waals surface area contributed by atoms with Crippen molar-refractivity contribution in [2.75, 3.05) is 5.32 Å². The van der Waals surface area contributed by atoms with Crippen molar-refractivity contribution in [1.29, 1.82) is 0 Å². The minimum absolute atomic E-state index is 0.185. The van der Waals surface area contributed by atoms with Crippen molar-refractivity contribution in [1.82, 2.24) is 5.32 Å². The maximum atomic E-state index is 12.2. The summed E-state index contributed by atoms with van der Waals surface area (Å²) in [5, 5.41) is 7.51. The largest absolute Gasteiger partial charge is 0.449 e. The molecule has 142 valence electrons. The van der Waals surface area contributed by atoms with Crippen molar-refractivity contribution in [3.8, 4) is 0 Å². The number of nitrogens with one attached hydrogen (secondary N) is 2. The summed E-state index contributed by atoms with van der Waals surface area (Å²) < 4.78 is 5.25. The van der Waals surface area contributed by atoms with E-state index < -0.39 is 12.1 Å². The third kappa shape index (κ3) is 5.17. The summed E-state index contributed by atoms with van der Waals surface area (Å²) in [4.78, 5) is 37.0. The van der Waals surface area contributed by atoms with Crippen LogP contribution in [0.1, 0.15) is 52.6 Å². The average molecular weight is 386 g/mol. The number of carbonyl (C=O) groups excluding carboxylic acids is 3. The Morgan fingerprint density at radius 3 is 2.44 bits per heavy atom. The van der Waals surface area contributed by atoms with Gasteiger partial charge in [-0.25, -0.2) is 4.79 Å². The molecule has 1 aromatic heterocycles. The Morgan fingerprint density at radius 2 is 1.81 bits per heavy atom. The molecule has 0 aliphatic heterocycles. The molecule has 1 aliphatic rings. The number of thiophene rings is 1. The van der Waals surface area contributed by atoms with Gasteiger partial charge in [0.05, 0.1) is 10.4 Å². The molecule has 2 aromatic rings. The second-order valence-electron chi connectivity index (χ2n) is 6.55. The van der Waals surface area contributed by atoms with Crippen LogP contribution in [-0.4, -0.2) is 29.9 Å². The molecule has 1 fully saturated rings. The molecule has 1 aromatic carbocycles. The van der Waals surface area contributed by atoms with Crippen molar-refractivity contribution in [3.63, 3.8) is 0 Å². The minimum atomic E-state index is -0.851. The number of hydrogen-bond donors (Lipinski definition) is 2. The quantitative estimate of drug-likeness (QED) is 0.743. The fourth-order valence-corrected chi connectivity index (χ4v) is 3.58. The Hall–Kier alpha value is -2.67. The molecule has 27 heavy (non-hydrogen) atoms. The van der Waals surface area contributed by atoms with Crippen LogP contribution in [0.25, 0.3) is 0 Å². The molecular weight excluding hydrogens is 364 g/mol. The number of rotatable bonds is 6. The Labute approximate surface area is 161 Å². The third-order valence-corrected chi connectivity index (χ3v) is 5.35. The number of anilines is 1. The normalized spacial score (nSPS) is 15.1. The summed E-state index contributed by atoms with van der Waals surface area (Å²) in [5.74, 6) is -1.03. The predicted molar refractivity (Wildman–Crippen MR) is 104 cm³/mol. The topological polar surface area (TPSA) is 84.5 Å². The van der Waals surface area contributed by atoms with E-state index in [4.69, 9.17) is 4.74 Å². The lowest BCUT2D eigenvalue weighted by atomic mass is 10.2. The van der Waals surface area contributed by atoms with Crippen molar-refractivity contribution in [3.05, 3.63) is 52.2 Å².